The zero-order valence-electron chi connectivity index (χ0n) is 11.6. The van der Waals surface area contributed by atoms with E-state index < -0.39 is 0 Å². The van der Waals surface area contributed by atoms with Crippen molar-refractivity contribution in [2.75, 3.05) is 27.2 Å². The Bertz CT molecular complexity index is 294. The van der Waals surface area contributed by atoms with Crippen LogP contribution >= 0.6 is 0 Å². The molecule has 1 aliphatic rings. The molecule has 2 unspecified atom stereocenters. The minimum absolute atomic E-state index is 0.0584. The second-order valence-corrected chi connectivity index (χ2v) is 5.08. The molecule has 0 aromatic carbocycles. The molecule has 0 aromatic heterocycles. The molecule has 0 aromatic rings. The number of nitrogens with zero attached hydrogens (tertiary/aromatic N) is 1. The Kier molecular flexibility index (Phi) is 6.12. The van der Waals surface area contributed by atoms with Crippen molar-refractivity contribution in [3.63, 3.8) is 0 Å². The average Bonchev–Trinajstić information content (AvgIpc) is 2.37. The molecule has 1 amide bonds. The van der Waals surface area contributed by atoms with Crippen molar-refractivity contribution in [2.45, 2.75) is 38.6 Å². The summed E-state index contributed by atoms with van der Waals surface area (Å²) >= 11 is 0. The summed E-state index contributed by atoms with van der Waals surface area (Å²) in [6.07, 6.45) is 3.05. The number of methoxy groups -OCH3 is 1. The maximum Gasteiger partial charge on any atom is 0.305 e. The van der Waals surface area contributed by atoms with Gasteiger partial charge in [0.15, 0.2) is 0 Å². The van der Waals surface area contributed by atoms with E-state index in [2.05, 4.69) is 17.0 Å². The number of hydrogen-bond donors (Lipinski definition) is 1. The van der Waals surface area contributed by atoms with Crippen LogP contribution in [0.4, 0.5) is 0 Å². The van der Waals surface area contributed by atoms with Crippen LogP contribution in [0.15, 0.2) is 0 Å². The van der Waals surface area contributed by atoms with Gasteiger partial charge in [0, 0.05) is 20.0 Å². The monoisotopic (exact) mass is 256 g/mol. The molecule has 2 atom stereocenters. The molecule has 1 rings (SSSR count). The molecule has 1 heterocycles. The summed E-state index contributed by atoms with van der Waals surface area (Å²) in [5.74, 6) is 0.510. The van der Waals surface area contributed by atoms with E-state index in [1.807, 2.05) is 0 Å². The van der Waals surface area contributed by atoms with Gasteiger partial charge in [-0.2, -0.15) is 0 Å². The van der Waals surface area contributed by atoms with Gasteiger partial charge in [0.2, 0.25) is 5.91 Å². The van der Waals surface area contributed by atoms with Crippen molar-refractivity contribution in [1.29, 1.82) is 0 Å². The zero-order chi connectivity index (χ0) is 13.5. The quantitative estimate of drug-likeness (QED) is 0.739. The summed E-state index contributed by atoms with van der Waals surface area (Å²) in [5.41, 5.74) is 0. The minimum Gasteiger partial charge on any atom is -0.469 e. The molecular weight excluding hydrogens is 232 g/mol. The van der Waals surface area contributed by atoms with Gasteiger partial charge in [-0.1, -0.05) is 6.92 Å². The third-order valence-corrected chi connectivity index (χ3v) is 3.44. The Morgan fingerprint density at radius 2 is 2.17 bits per heavy atom. The van der Waals surface area contributed by atoms with E-state index in [1.165, 1.54) is 7.11 Å². The third kappa shape index (κ3) is 4.64. The SMILES string of the molecule is COC(=O)CCCN(C)C(=O)C1CC(C)CCN1. The van der Waals surface area contributed by atoms with Crippen molar-refractivity contribution in [1.82, 2.24) is 10.2 Å². The molecule has 5 nitrogen and oxygen atoms in total. The first-order valence-electron chi connectivity index (χ1n) is 6.59. The maximum atomic E-state index is 12.1. The smallest absolute Gasteiger partial charge is 0.305 e. The Labute approximate surface area is 109 Å². The number of rotatable bonds is 5. The van der Waals surface area contributed by atoms with Crippen LogP contribution in [-0.2, 0) is 14.3 Å². The first-order valence-corrected chi connectivity index (χ1v) is 6.59. The fourth-order valence-corrected chi connectivity index (χ4v) is 2.23. The van der Waals surface area contributed by atoms with E-state index in [1.54, 1.807) is 11.9 Å². The number of carbonyl (C=O) groups is 2. The maximum absolute atomic E-state index is 12.1. The first kappa shape index (κ1) is 15.0. The van der Waals surface area contributed by atoms with E-state index in [9.17, 15) is 9.59 Å². The van der Waals surface area contributed by atoms with Gasteiger partial charge in [-0.15, -0.1) is 0 Å². The highest BCUT2D eigenvalue weighted by Crippen LogP contribution is 2.16. The van der Waals surface area contributed by atoms with Gasteiger partial charge in [-0.05, 0) is 31.7 Å². The lowest BCUT2D eigenvalue weighted by Crippen LogP contribution is -2.49. The summed E-state index contributed by atoms with van der Waals surface area (Å²) in [6, 6.07) is -0.0584. The Morgan fingerprint density at radius 3 is 2.78 bits per heavy atom. The van der Waals surface area contributed by atoms with Crippen LogP contribution in [0.25, 0.3) is 0 Å². The van der Waals surface area contributed by atoms with Gasteiger partial charge in [0.05, 0.1) is 13.2 Å². The molecule has 1 aliphatic heterocycles. The predicted molar refractivity (Wildman–Crippen MR) is 69.1 cm³/mol. The lowest BCUT2D eigenvalue weighted by atomic mass is 9.93. The molecule has 0 aliphatic carbocycles. The number of nitrogens with one attached hydrogen (secondary N) is 1. The molecule has 1 N–H and O–H groups in total. The molecule has 104 valence electrons. The number of carbonyl (C=O) groups excluding carboxylic acids is 2. The zero-order valence-corrected chi connectivity index (χ0v) is 11.6. The summed E-state index contributed by atoms with van der Waals surface area (Å²) in [4.78, 5) is 24.8. The molecule has 0 bridgehead atoms. The van der Waals surface area contributed by atoms with Crippen molar-refractivity contribution in [3.8, 4) is 0 Å². The number of hydrogen-bond acceptors (Lipinski definition) is 4. The van der Waals surface area contributed by atoms with Gasteiger partial charge in [0.1, 0.15) is 0 Å². The van der Waals surface area contributed by atoms with Crippen molar-refractivity contribution < 1.29 is 14.3 Å². The Hall–Kier alpha value is -1.10. The van der Waals surface area contributed by atoms with E-state index in [0.717, 1.165) is 19.4 Å². The van der Waals surface area contributed by atoms with Crippen LogP contribution in [0, 0.1) is 5.92 Å². The molecule has 0 spiro atoms. The van der Waals surface area contributed by atoms with Crippen molar-refractivity contribution >= 4 is 11.9 Å². The minimum atomic E-state index is -0.222. The number of esters is 1. The molecule has 18 heavy (non-hydrogen) atoms. The fraction of sp³-hybridized carbons (Fsp3) is 0.846. The summed E-state index contributed by atoms with van der Waals surface area (Å²) < 4.78 is 4.57. The summed E-state index contributed by atoms with van der Waals surface area (Å²) in [5, 5.41) is 3.26. The second kappa shape index (κ2) is 7.36. The van der Waals surface area contributed by atoms with Crippen molar-refractivity contribution in [3.05, 3.63) is 0 Å². The standard InChI is InChI=1S/C13H24N2O3/c1-10-6-7-14-11(9-10)13(17)15(2)8-4-5-12(16)18-3/h10-11,14H,4-9H2,1-3H3. The van der Waals surface area contributed by atoms with Crippen LogP contribution in [0.2, 0.25) is 0 Å². The van der Waals surface area contributed by atoms with Gasteiger partial charge in [-0.25, -0.2) is 0 Å². The highest BCUT2D eigenvalue weighted by molar-refractivity contribution is 5.81. The number of piperidine rings is 1. The van der Waals surface area contributed by atoms with E-state index >= 15 is 0 Å². The van der Waals surface area contributed by atoms with E-state index in [-0.39, 0.29) is 17.9 Å². The second-order valence-electron chi connectivity index (χ2n) is 5.08. The Balaban J connectivity index is 2.29. The normalized spacial score (nSPS) is 23.5. The number of amides is 1. The molecule has 1 fully saturated rings. The van der Waals surface area contributed by atoms with Gasteiger partial charge < -0.3 is 15.0 Å². The topological polar surface area (TPSA) is 58.6 Å². The fourth-order valence-electron chi connectivity index (χ4n) is 2.23. The molecule has 0 radical (unpaired) electrons. The van der Waals surface area contributed by atoms with E-state index in [0.29, 0.717) is 25.3 Å². The summed E-state index contributed by atoms with van der Waals surface area (Å²) in [7, 11) is 3.17. The van der Waals surface area contributed by atoms with Gasteiger partial charge >= 0.3 is 5.97 Å². The van der Waals surface area contributed by atoms with Gasteiger partial charge in [0.25, 0.3) is 0 Å². The largest absolute Gasteiger partial charge is 0.469 e. The Morgan fingerprint density at radius 1 is 1.44 bits per heavy atom. The van der Waals surface area contributed by atoms with Gasteiger partial charge in [-0.3, -0.25) is 9.59 Å². The highest BCUT2D eigenvalue weighted by Gasteiger charge is 2.26. The molecule has 1 saturated heterocycles. The van der Waals surface area contributed by atoms with Crippen LogP contribution < -0.4 is 5.32 Å². The lowest BCUT2D eigenvalue weighted by Gasteiger charge is -2.30. The predicted octanol–water partition coefficient (Wildman–Crippen LogP) is 0.786. The van der Waals surface area contributed by atoms with Crippen LogP contribution in [0.5, 0.6) is 0 Å². The number of likely N-dealkylation sites (N-methyl/N-ethyl adjacent to an activating group) is 1. The van der Waals surface area contributed by atoms with Crippen LogP contribution in [0.3, 0.4) is 0 Å². The van der Waals surface area contributed by atoms with E-state index in [4.69, 9.17) is 0 Å². The molecular formula is C13H24N2O3. The molecule has 5 heteroatoms. The van der Waals surface area contributed by atoms with Crippen LogP contribution in [0.1, 0.15) is 32.6 Å². The first-order chi connectivity index (χ1) is 8.54. The number of ether oxygens (including phenoxy) is 1. The lowest BCUT2D eigenvalue weighted by molar-refractivity contribution is -0.141. The summed E-state index contributed by atoms with van der Waals surface area (Å²) in [6.45, 7) is 3.69. The van der Waals surface area contributed by atoms with Crippen molar-refractivity contribution in [2.24, 2.45) is 5.92 Å². The van der Waals surface area contributed by atoms with Crippen LogP contribution in [-0.4, -0.2) is 50.1 Å². The average molecular weight is 256 g/mol. The molecule has 0 saturated carbocycles. The highest BCUT2D eigenvalue weighted by atomic mass is 16.5. The third-order valence-electron chi connectivity index (χ3n) is 3.44.